The lowest BCUT2D eigenvalue weighted by Crippen LogP contribution is -2.56. The summed E-state index contributed by atoms with van der Waals surface area (Å²) >= 11 is 1.11. The molecule has 1 aliphatic carbocycles. The maximum absolute atomic E-state index is 12.4. The largest absolute Gasteiger partial charge is 0.466 e. The van der Waals surface area contributed by atoms with Crippen LogP contribution in [0.1, 0.15) is 5.56 Å². The van der Waals surface area contributed by atoms with Gasteiger partial charge in [-0.05, 0) is 25.1 Å². The molecule has 0 radical (unpaired) electrons. The van der Waals surface area contributed by atoms with Crippen LogP contribution in [0.5, 0.6) is 0 Å². The van der Waals surface area contributed by atoms with Gasteiger partial charge in [-0.3, -0.25) is 0 Å². The number of rotatable bonds is 4. The minimum Gasteiger partial charge on any atom is -0.466 e. The number of carbonyl (C=O) groups is 3. The Morgan fingerprint density at radius 1 is 1.15 bits per heavy atom. The zero-order chi connectivity index (χ0) is 19.1. The van der Waals surface area contributed by atoms with Gasteiger partial charge in [-0.2, -0.15) is 0 Å². The zero-order valence-electron chi connectivity index (χ0n) is 14.3. The number of esters is 3. The summed E-state index contributed by atoms with van der Waals surface area (Å²) in [5.41, 5.74) is -2.09. The second-order valence-corrected chi connectivity index (χ2v) is 6.87. The summed E-state index contributed by atoms with van der Waals surface area (Å²) in [7, 11) is 2.22. The number of fused-ring (bicyclic) bond motifs is 1. The van der Waals surface area contributed by atoms with Crippen LogP contribution in [-0.4, -0.2) is 48.9 Å². The number of thioether (sulfide) groups is 1. The number of aliphatic hydroxyl groups is 1. The van der Waals surface area contributed by atoms with E-state index in [1.54, 1.807) is 0 Å². The third-order valence-electron chi connectivity index (χ3n) is 4.15. The molecule has 0 saturated heterocycles. The molecule has 1 aromatic rings. The highest BCUT2D eigenvalue weighted by Crippen LogP contribution is 2.48. The van der Waals surface area contributed by atoms with Crippen LogP contribution in [0.25, 0.3) is 0 Å². The molecule has 8 heteroatoms. The normalized spacial score (nSPS) is 24.1. The molecule has 2 atom stereocenters. The first-order valence-electron chi connectivity index (χ1n) is 7.64. The summed E-state index contributed by atoms with van der Waals surface area (Å²) in [5, 5.41) is 11.1. The minimum atomic E-state index is -2.43. The average Bonchev–Trinajstić information content (AvgIpc) is 2.63. The van der Waals surface area contributed by atoms with Gasteiger partial charge >= 0.3 is 17.9 Å². The molecule has 0 amide bonds. The third kappa shape index (κ3) is 2.71. The maximum Gasteiger partial charge on any atom is 0.349 e. The van der Waals surface area contributed by atoms with Crippen molar-refractivity contribution >= 4 is 29.7 Å². The number of benzene rings is 1. The molecule has 0 fully saturated rings. The Labute approximate surface area is 153 Å². The van der Waals surface area contributed by atoms with E-state index in [1.807, 2.05) is 31.2 Å². The van der Waals surface area contributed by atoms with E-state index < -0.39 is 35.2 Å². The highest BCUT2D eigenvalue weighted by molar-refractivity contribution is 8.03. The molecule has 3 aliphatic rings. The zero-order valence-corrected chi connectivity index (χ0v) is 15.1. The summed E-state index contributed by atoms with van der Waals surface area (Å²) < 4.78 is 14.4. The van der Waals surface area contributed by atoms with Crippen molar-refractivity contribution in [3.63, 3.8) is 0 Å². The van der Waals surface area contributed by atoms with Crippen LogP contribution in [0.4, 0.5) is 0 Å². The Kier molecular flexibility index (Phi) is 4.64. The Hall–Kier alpha value is -2.58. The Morgan fingerprint density at radius 2 is 1.77 bits per heavy atom. The van der Waals surface area contributed by atoms with Gasteiger partial charge in [-0.25, -0.2) is 14.4 Å². The number of methoxy groups -OCH3 is 2. The highest BCUT2D eigenvalue weighted by Gasteiger charge is 2.60. The molecule has 4 rings (SSSR count). The van der Waals surface area contributed by atoms with E-state index >= 15 is 0 Å². The number of aryl methyl sites for hydroxylation is 1. The summed E-state index contributed by atoms with van der Waals surface area (Å²) in [6.07, 6.45) is 0.302. The number of hydrogen-bond donors (Lipinski definition) is 1. The lowest BCUT2D eigenvalue weighted by molar-refractivity contribution is -0.169. The van der Waals surface area contributed by atoms with Crippen LogP contribution in [0.2, 0.25) is 0 Å². The van der Waals surface area contributed by atoms with Crippen molar-refractivity contribution in [2.45, 2.75) is 23.5 Å². The molecular weight excluding hydrogens is 360 g/mol. The van der Waals surface area contributed by atoms with Gasteiger partial charge in [0.2, 0.25) is 5.60 Å². The van der Waals surface area contributed by atoms with Crippen molar-refractivity contribution in [3.05, 3.63) is 52.0 Å². The predicted octanol–water partition coefficient (Wildman–Crippen LogP) is 1.28. The molecule has 2 aliphatic heterocycles. The van der Waals surface area contributed by atoms with E-state index in [9.17, 15) is 19.5 Å². The minimum absolute atomic E-state index is 0.177. The molecule has 0 aromatic heterocycles. The van der Waals surface area contributed by atoms with Crippen LogP contribution in [0.15, 0.2) is 51.3 Å². The van der Waals surface area contributed by atoms with Gasteiger partial charge in [0.05, 0.1) is 25.4 Å². The predicted molar refractivity (Wildman–Crippen MR) is 91.0 cm³/mol. The molecule has 0 unspecified atom stereocenters. The number of hydrogen-bond acceptors (Lipinski definition) is 8. The van der Waals surface area contributed by atoms with Crippen molar-refractivity contribution in [3.8, 4) is 0 Å². The van der Waals surface area contributed by atoms with Crippen LogP contribution in [0.3, 0.4) is 0 Å². The topological polar surface area (TPSA) is 99.1 Å². The van der Waals surface area contributed by atoms with Crippen molar-refractivity contribution in [1.82, 2.24) is 0 Å². The first-order chi connectivity index (χ1) is 12.3. The van der Waals surface area contributed by atoms with Gasteiger partial charge < -0.3 is 19.3 Å². The standard InChI is InChI=1S/C18H16O7S/c1-9-4-6-10(7-5-9)26-12-8-11-13(15(19)23-2)14(16(20)24-3)18(12,22)17(21)25-11/h4-8,11,22H,1-3H3/t11-,18-/m0/s1. The lowest BCUT2D eigenvalue weighted by Gasteiger charge is -2.41. The van der Waals surface area contributed by atoms with Crippen LogP contribution in [0, 0.1) is 6.92 Å². The van der Waals surface area contributed by atoms with Gasteiger partial charge in [0.1, 0.15) is 0 Å². The quantitative estimate of drug-likeness (QED) is 0.620. The number of ether oxygens (including phenoxy) is 3. The van der Waals surface area contributed by atoms with Gasteiger partial charge in [0.25, 0.3) is 0 Å². The van der Waals surface area contributed by atoms with E-state index in [0.29, 0.717) is 0 Å². The van der Waals surface area contributed by atoms with Gasteiger partial charge in [-0.15, -0.1) is 0 Å². The molecule has 2 heterocycles. The fraction of sp³-hybridized carbons (Fsp3) is 0.278. The second kappa shape index (κ2) is 6.62. The first kappa shape index (κ1) is 18.2. The van der Waals surface area contributed by atoms with Gasteiger partial charge in [0, 0.05) is 9.80 Å². The van der Waals surface area contributed by atoms with Crippen molar-refractivity contribution in [2.24, 2.45) is 0 Å². The molecule has 0 saturated carbocycles. The molecule has 1 N–H and O–H groups in total. The monoisotopic (exact) mass is 376 g/mol. The molecule has 136 valence electrons. The maximum atomic E-state index is 12.4. The molecule has 26 heavy (non-hydrogen) atoms. The summed E-state index contributed by atoms with van der Waals surface area (Å²) in [5.74, 6) is -2.91. The Bertz CT molecular complexity index is 853. The molecule has 2 bridgehead atoms. The SMILES string of the molecule is COC(=O)C1=C(C(=O)OC)[C@]2(O)C(=O)O[C@H]1C=C2Sc1ccc(C)cc1. The third-order valence-corrected chi connectivity index (χ3v) is 5.31. The van der Waals surface area contributed by atoms with E-state index in [1.165, 1.54) is 6.08 Å². The van der Waals surface area contributed by atoms with E-state index in [0.717, 1.165) is 36.4 Å². The van der Waals surface area contributed by atoms with Crippen molar-refractivity contribution in [2.75, 3.05) is 14.2 Å². The van der Waals surface area contributed by atoms with Crippen LogP contribution < -0.4 is 0 Å². The Balaban J connectivity index is 2.11. The fourth-order valence-corrected chi connectivity index (χ4v) is 3.88. The molecular formula is C18H16O7S. The smallest absolute Gasteiger partial charge is 0.349 e. The highest BCUT2D eigenvalue weighted by atomic mass is 32.2. The van der Waals surface area contributed by atoms with E-state index in [-0.39, 0.29) is 10.5 Å². The lowest BCUT2D eigenvalue weighted by atomic mass is 9.79. The average molecular weight is 376 g/mol. The molecule has 7 nitrogen and oxygen atoms in total. The second-order valence-electron chi connectivity index (χ2n) is 5.75. The van der Waals surface area contributed by atoms with Gasteiger partial charge in [0.15, 0.2) is 6.10 Å². The van der Waals surface area contributed by atoms with E-state index in [2.05, 4.69) is 9.47 Å². The van der Waals surface area contributed by atoms with Crippen molar-refractivity contribution < 1.29 is 33.7 Å². The number of carbonyl (C=O) groups excluding carboxylic acids is 3. The Morgan fingerprint density at radius 3 is 2.35 bits per heavy atom. The van der Waals surface area contributed by atoms with Crippen LogP contribution >= 0.6 is 11.8 Å². The molecule has 1 aromatic carbocycles. The van der Waals surface area contributed by atoms with E-state index in [4.69, 9.17) is 4.74 Å². The van der Waals surface area contributed by atoms with Gasteiger partial charge in [-0.1, -0.05) is 29.5 Å². The van der Waals surface area contributed by atoms with Crippen LogP contribution in [-0.2, 0) is 28.6 Å². The molecule has 0 spiro atoms. The fourth-order valence-electron chi connectivity index (χ4n) is 2.83. The summed E-state index contributed by atoms with van der Waals surface area (Å²) in [6.45, 7) is 1.93. The van der Waals surface area contributed by atoms with Crippen molar-refractivity contribution in [1.29, 1.82) is 0 Å². The summed E-state index contributed by atoms with van der Waals surface area (Å²) in [6, 6.07) is 7.40. The summed E-state index contributed by atoms with van der Waals surface area (Å²) in [4.78, 5) is 37.7. The first-order valence-corrected chi connectivity index (χ1v) is 8.46.